The molecule has 0 radical (unpaired) electrons. The van der Waals surface area contributed by atoms with E-state index in [4.69, 9.17) is 16.3 Å². The van der Waals surface area contributed by atoms with E-state index >= 15 is 0 Å². The van der Waals surface area contributed by atoms with Crippen molar-refractivity contribution in [1.29, 1.82) is 0 Å². The van der Waals surface area contributed by atoms with Crippen molar-refractivity contribution in [3.63, 3.8) is 0 Å². The van der Waals surface area contributed by atoms with Gasteiger partial charge in [0.2, 0.25) is 0 Å². The van der Waals surface area contributed by atoms with Gasteiger partial charge in [-0.05, 0) is 24.1 Å². The molecule has 2 aromatic rings. The van der Waals surface area contributed by atoms with Crippen LogP contribution in [0.3, 0.4) is 0 Å². The number of aliphatic imine (C=N–C) groups is 1. The molecule has 0 saturated carbocycles. The molecule has 0 aliphatic carbocycles. The first kappa shape index (κ1) is 23.9. The Morgan fingerprint density at radius 1 is 1.41 bits per heavy atom. The summed E-state index contributed by atoms with van der Waals surface area (Å²) in [6.07, 6.45) is 1.80. The van der Waals surface area contributed by atoms with Gasteiger partial charge in [-0.15, -0.1) is 24.0 Å². The second-order valence-electron chi connectivity index (χ2n) is 7.34. The lowest BCUT2D eigenvalue weighted by Crippen LogP contribution is -2.48. The predicted octanol–water partition coefficient (Wildman–Crippen LogP) is 3.54. The third-order valence-corrected chi connectivity index (χ3v) is 5.15. The minimum absolute atomic E-state index is 0. The number of methoxy groups -OCH3 is 1. The number of ether oxygens (including phenoxy) is 1. The fourth-order valence-corrected chi connectivity index (χ4v) is 3.51. The fraction of sp³-hybridized carbons (Fsp3) is 0.550. The van der Waals surface area contributed by atoms with Crippen LogP contribution < -0.4 is 10.6 Å². The summed E-state index contributed by atoms with van der Waals surface area (Å²) in [6, 6.07) is 7.98. The second-order valence-corrected chi connectivity index (χ2v) is 7.77. The third kappa shape index (κ3) is 6.29. The molecular weight excluding hydrogens is 503 g/mol. The minimum Gasteiger partial charge on any atom is -0.375 e. The highest BCUT2D eigenvalue weighted by Crippen LogP contribution is 2.20. The number of hydrogen-bond acceptors (Lipinski definition) is 4. The first-order valence-corrected chi connectivity index (χ1v) is 10.1. The molecule has 0 amide bonds. The Bertz CT molecular complexity index is 825. The van der Waals surface area contributed by atoms with Crippen LogP contribution in [0, 0.1) is 0 Å². The van der Waals surface area contributed by atoms with Crippen LogP contribution in [0.2, 0.25) is 5.02 Å². The molecule has 2 unspecified atom stereocenters. The molecule has 7 nitrogen and oxygen atoms in total. The van der Waals surface area contributed by atoms with E-state index in [0.29, 0.717) is 17.5 Å². The molecule has 1 aliphatic rings. The van der Waals surface area contributed by atoms with Gasteiger partial charge in [-0.1, -0.05) is 37.6 Å². The SMILES string of the molecule is CN=C(NCC(OC)c1cccc(Cl)c1)NC1CCc2nc(C(C)C)nn2C1.I. The van der Waals surface area contributed by atoms with Crippen molar-refractivity contribution in [2.75, 3.05) is 20.7 Å². The molecule has 0 bridgehead atoms. The molecule has 9 heteroatoms. The number of nitrogens with one attached hydrogen (secondary N) is 2. The Hall–Kier alpha value is -1.39. The molecule has 1 aromatic heterocycles. The lowest BCUT2D eigenvalue weighted by molar-refractivity contribution is 0.106. The van der Waals surface area contributed by atoms with E-state index in [9.17, 15) is 0 Å². The Labute approximate surface area is 194 Å². The van der Waals surface area contributed by atoms with Crippen LogP contribution in [-0.2, 0) is 17.7 Å². The number of hydrogen-bond donors (Lipinski definition) is 2. The van der Waals surface area contributed by atoms with Crippen molar-refractivity contribution >= 4 is 41.5 Å². The molecule has 0 fully saturated rings. The van der Waals surface area contributed by atoms with E-state index < -0.39 is 0 Å². The van der Waals surface area contributed by atoms with Gasteiger partial charge in [-0.3, -0.25) is 4.99 Å². The normalized spacial score (nSPS) is 17.4. The lowest BCUT2D eigenvalue weighted by Gasteiger charge is -2.26. The van der Waals surface area contributed by atoms with Crippen LogP contribution in [0.5, 0.6) is 0 Å². The van der Waals surface area contributed by atoms with Crippen LogP contribution in [0.4, 0.5) is 0 Å². The van der Waals surface area contributed by atoms with Crippen LogP contribution in [-0.4, -0.2) is 47.5 Å². The smallest absolute Gasteiger partial charge is 0.191 e. The number of aromatic nitrogens is 3. The molecule has 2 atom stereocenters. The summed E-state index contributed by atoms with van der Waals surface area (Å²) in [4.78, 5) is 9.00. The van der Waals surface area contributed by atoms with Gasteiger partial charge in [0.05, 0.1) is 12.6 Å². The minimum atomic E-state index is -0.112. The van der Waals surface area contributed by atoms with E-state index in [2.05, 4.69) is 39.6 Å². The molecular formula is C20H30ClIN6O. The summed E-state index contributed by atoms with van der Waals surface area (Å²) >= 11 is 6.10. The summed E-state index contributed by atoms with van der Waals surface area (Å²) in [5.41, 5.74) is 1.03. The Balaban J connectivity index is 0.00000300. The Morgan fingerprint density at radius 2 is 2.21 bits per heavy atom. The number of fused-ring (bicyclic) bond motifs is 1. The van der Waals surface area contributed by atoms with Gasteiger partial charge < -0.3 is 15.4 Å². The molecule has 29 heavy (non-hydrogen) atoms. The zero-order valence-electron chi connectivity index (χ0n) is 17.4. The second kappa shape index (κ2) is 11.1. The maximum Gasteiger partial charge on any atom is 0.191 e. The Morgan fingerprint density at radius 3 is 2.86 bits per heavy atom. The molecule has 0 saturated heterocycles. The standard InChI is InChI=1S/C20H29ClN6O.HI/c1-13(2)19-25-18-9-8-16(12-27(18)26-19)24-20(22-3)23-11-17(28-4)14-6-5-7-15(21)10-14;/h5-7,10,13,16-17H,8-9,11-12H2,1-4H3,(H2,22,23,24);1H. The van der Waals surface area contributed by atoms with Crippen molar-refractivity contribution < 1.29 is 4.74 Å². The van der Waals surface area contributed by atoms with Crippen LogP contribution in [0.25, 0.3) is 0 Å². The lowest BCUT2D eigenvalue weighted by atomic mass is 10.1. The zero-order valence-corrected chi connectivity index (χ0v) is 20.4. The van der Waals surface area contributed by atoms with E-state index in [1.807, 2.05) is 28.9 Å². The van der Waals surface area contributed by atoms with Crippen molar-refractivity contribution in [2.24, 2.45) is 4.99 Å². The van der Waals surface area contributed by atoms with Crippen LogP contribution in [0.15, 0.2) is 29.3 Å². The van der Waals surface area contributed by atoms with Crippen molar-refractivity contribution in [3.8, 4) is 0 Å². The predicted molar refractivity (Wildman–Crippen MR) is 127 cm³/mol. The molecule has 0 spiro atoms. The highest BCUT2D eigenvalue weighted by molar-refractivity contribution is 14.0. The van der Waals surface area contributed by atoms with Gasteiger partial charge in [-0.2, -0.15) is 5.10 Å². The average molecular weight is 533 g/mol. The number of nitrogens with zero attached hydrogens (tertiary/aromatic N) is 4. The first-order valence-electron chi connectivity index (χ1n) is 9.69. The topological polar surface area (TPSA) is 76.4 Å². The third-order valence-electron chi connectivity index (χ3n) is 4.92. The van der Waals surface area contributed by atoms with Gasteiger partial charge in [0.15, 0.2) is 11.8 Å². The van der Waals surface area contributed by atoms with Crippen LogP contribution in [0.1, 0.15) is 49.5 Å². The first-order chi connectivity index (χ1) is 13.5. The maximum absolute atomic E-state index is 6.10. The average Bonchev–Trinajstić information content (AvgIpc) is 3.11. The van der Waals surface area contributed by atoms with E-state index in [1.165, 1.54) is 0 Å². The number of guanidine groups is 1. The van der Waals surface area contributed by atoms with Crippen molar-refractivity contribution in [3.05, 3.63) is 46.5 Å². The van der Waals surface area contributed by atoms with Crippen molar-refractivity contribution in [2.45, 2.75) is 51.3 Å². The van der Waals surface area contributed by atoms with Gasteiger partial charge in [-0.25, -0.2) is 9.67 Å². The van der Waals surface area contributed by atoms with Gasteiger partial charge in [0, 0.05) is 44.1 Å². The molecule has 3 rings (SSSR count). The van der Waals surface area contributed by atoms with Gasteiger partial charge >= 0.3 is 0 Å². The van der Waals surface area contributed by atoms with Gasteiger partial charge in [0.1, 0.15) is 5.82 Å². The molecule has 2 heterocycles. The summed E-state index contributed by atoms with van der Waals surface area (Å²) in [5.74, 6) is 3.09. The number of aryl methyl sites for hydroxylation is 1. The summed E-state index contributed by atoms with van der Waals surface area (Å²) in [6.45, 7) is 5.62. The van der Waals surface area contributed by atoms with E-state index in [-0.39, 0.29) is 36.1 Å². The molecule has 1 aliphatic heterocycles. The van der Waals surface area contributed by atoms with Crippen molar-refractivity contribution in [1.82, 2.24) is 25.4 Å². The van der Waals surface area contributed by atoms with Crippen LogP contribution >= 0.6 is 35.6 Å². The summed E-state index contributed by atoms with van der Waals surface area (Å²) < 4.78 is 7.64. The summed E-state index contributed by atoms with van der Waals surface area (Å²) in [7, 11) is 3.47. The molecule has 2 N–H and O–H groups in total. The molecule has 1 aromatic carbocycles. The maximum atomic E-state index is 6.10. The highest BCUT2D eigenvalue weighted by Gasteiger charge is 2.23. The van der Waals surface area contributed by atoms with E-state index in [1.54, 1.807) is 14.2 Å². The highest BCUT2D eigenvalue weighted by atomic mass is 127. The number of halogens is 2. The van der Waals surface area contributed by atoms with E-state index in [0.717, 1.165) is 42.6 Å². The number of rotatable bonds is 6. The van der Waals surface area contributed by atoms with Gasteiger partial charge in [0.25, 0.3) is 0 Å². The Kier molecular flexibility index (Phi) is 9.16. The number of benzene rings is 1. The monoisotopic (exact) mass is 532 g/mol. The largest absolute Gasteiger partial charge is 0.375 e. The molecule has 160 valence electrons. The fourth-order valence-electron chi connectivity index (χ4n) is 3.31. The quantitative estimate of drug-likeness (QED) is 0.338. The zero-order chi connectivity index (χ0) is 20.1. The summed E-state index contributed by atoms with van der Waals surface area (Å²) in [5, 5.41) is 12.2.